The first-order chi connectivity index (χ1) is 12.4. The van der Waals surface area contributed by atoms with Crippen LogP contribution in [0.1, 0.15) is 33.0 Å². The van der Waals surface area contributed by atoms with Crippen LogP contribution in [0.15, 0.2) is 9.95 Å². The van der Waals surface area contributed by atoms with Gasteiger partial charge < -0.3 is 10.1 Å². The van der Waals surface area contributed by atoms with E-state index in [1.165, 1.54) is 23.4 Å². The van der Waals surface area contributed by atoms with E-state index in [2.05, 4.69) is 20.0 Å². The number of esters is 1. The van der Waals surface area contributed by atoms with Crippen LogP contribution in [0.5, 0.6) is 0 Å². The number of carbonyl (C=O) groups excluding carboxylic acids is 2. The van der Waals surface area contributed by atoms with E-state index in [0.717, 1.165) is 29.9 Å². The van der Waals surface area contributed by atoms with Crippen molar-refractivity contribution in [2.45, 2.75) is 37.9 Å². The molecule has 0 atom stereocenters. The van der Waals surface area contributed by atoms with Gasteiger partial charge in [0.1, 0.15) is 11.4 Å². The lowest BCUT2D eigenvalue weighted by Crippen LogP contribution is -2.31. The number of thioether (sulfide) groups is 1. The molecule has 0 saturated carbocycles. The summed E-state index contributed by atoms with van der Waals surface area (Å²) in [5.74, 6) is -0.892. The van der Waals surface area contributed by atoms with Crippen LogP contribution in [-0.2, 0) is 28.9 Å². The number of aryl methyl sites for hydroxylation is 2. The molecule has 1 aliphatic rings. The molecule has 0 fully saturated rings. The molecule has 26 heavy (non-hydrogen) atoms. The Kier molecular flexibility index (Phi) is 5.42. The molecule has 0 bridgehead atoms. The smallest absolute Gasteiger partial charge is 0.350 e. The Hall–Kier alpha value is -2.20. The van der Waals surface area contributed by atoms with Gasteiger partial charge in [0.15, 0.2) is 10.3 Å². The molecule has 8 nitrogen and oxygen atoms in total. The molecule has 1 aliphatic carbocycles. The number of carbonyl (C=O) groups is 2. The molecule has 10 heteroatoms. The van der Waals surface area contributed by atoms with Gasteiger partial charge in [0, 0.05) is 5.56 Å². The molecule has 2 aromatic heterocycles. The largest absolute Gasteiger partial charge is 0.465 e. The zero-order valence-electron chi connectivity index (χ0n) is 14.6. The van der Waals surface area contributed by atoms with E-state index in [4.69, 9.17) is 0 Å². The van der Waals surface area contributed by atoms with Crippen LogP contribution >= 0.6 is 23.1 Å². The second-order valence-corrected chi connectivity index (χ2v) is 7.51. The van der Waals surface area contributed by atoms with Crippen molar-refractivity contribution < 1.29 is 14.3 Å². The normalized spacial score (nSPS) is 12.7. The summed E-state index contributed by atoms with van der Waals surface area (Å²) >= 11 is 2.37. The van der Waals surface area contributed by atoms with E-state index in [0.29, 0.717) is 32.8 Å². The van der Waals surface area contributed by atoms with E-state index in [1.807, 2.05) is 6.26 Å². The van der Waals surface area contributed by atoms with Gasteiger partial charge in [-0.15, -0.1) is 0 Å². The average molecular weight is 394 g/mol. The maximum atomic E-state index is 12.7. The standard InChI is InChI=1S/C16H18N4O4S2/c1-8-12(14(23)24-2)26-15(17-8)19-11(21)7-20-13(22)9-5-4-6-10(9)18-16(20)25-3/h4-7H2,1-3H3,(H,17,19,21). The molecule has 138 valence electrons. The average Bonchev–Trinajstić information content (AvgIpc) is 3.23. The summed E-state index contributed by atoms with van der Waals surface area (Å²) in [7, 11) is 1.29. The maximum absolute atomic E-state index is 12.7. The van der Waals surface area contributed by atoms with E-state index >= 15 is 0 Å². The number of nitrogens with zero attached hydrogens (tertiary/aromatic N) is 3. The highest BCUT2D eigenvalue weighted by Gasteiger charge is 2.22. The van der Waals surface area contributed by atoms with Crippen LogP contribution in [0, 0.1) is 6.92 Å². The minimum absolute atomic E-state index is 0.151. The number of nitrogens with one attached hydrogen (secondary N) is 1. The molecule has 0 unspecified atom stereocenters. The summed E-state index contributed by atoms with van der Waals surface area (Å²) in [5.41, 5.74) is 1.87. The van der Waals surface area contributed by atoms with Crippen molar-refractivity contribution in [3.8, 4) is 0 Å². The van der Waals surface area contributed by atoms with Gasteiger partial charge in [0.05, 0.1) is 18.5 Å². The number of rotatable bonds is 5. The highest BCUT2D eigenvalue weighted by Crippen LogP contribution is 2.24. The zero-order chi connectivity index (χ0) is 18.8. The van der Waals surface area contributed by atoms with Gasteiger partial charge in [-0.3, -0.25) is 14.2 Å². The number of aromatic nitrogens is 3. The third kappa shape index (κ3) is 3.51. The Morgan fingerprint density at radius 1 is 1.35 bits per heavy atom. The van der Waals surface area contributed by atoms with Gasteiger partial charge in [-0.2, -0.15) is 0 Å². The van der Waals surface area contributed by atoms with Crippen molar-refractivity contribution in [1.29, 1.82) is 0 Å². The molecule has 3 rings (SSSR count). The van der Waals surface area contributed by atoms with Crippen LogP contribution < -0.4 is 10.9 Å². The molecule has 0 saturated heterocycles. The first-order valence-corrected chi connectivity index (χ1v) is 10.0. The second kappa shape index (κ2) is 7.58. The summed E-state index contributed by atoms with van der Waals surface area (Å²) in [5, 5.41) is 3.46. The van der Waals surface area contributed by atoms with Gasteiger partial charge >= 0.3 is 5.97 Å². The van der Waals surface area contributed by atoms with Crippen molar-refractivity contribution in [2.24, 2.45) is 0 Å². The van der Waals surface area contributed by atoms with Crippen LogP contribution in [0.25, 0.3) is 0 Å². The van der Waals surface area contributed by atoms with Crippen LogP contribution in [0.2, 0.25) is 0 Å². The fraction of sp³-hybridized carbons (Fsp3) is 0.438. The van der Waals surface area contributed by atoms with Gasteiger partial charge in [-0.1, -0.05) is 23.1 Å². The minimum atomic E-state index is -0.496. The molecule has 0 radical (unpaired) electrons. The molecule has 1 N–H and O–H groups in total. The molecule has 1 amide bonds. The highest BCUT2D eigenvalue weighted by molar-refractivity contribution is 7.98. The fourth-order valence-electron chi connectivity index (χ4n) is 2.84. The number of hydrogen-bond acceptors (Lipinski definition) is 8. The van der Waals surface area contributed by atoms with Crippen molar-refractivity contribution >= 4 is 40.1 Å². The molecule has 0 aliphatic heterocycles. The van der Waals surface area contributed by atoms with E-state index in [-0.39, 0.29) is 12.1 Å². The predicted molar refractivity (Wildman–Crippen MR) is 99.1 cm³/mol. The number of amides is 1. The highest BCUT2D eigenvalue weighted by atomic mass is 32.2. The third-order valence-corrected chi connectivity index (χ3v) is 5.78. The van der Waals surface area contributed by atoms with E-state index in [9.17, 15) is 14.4 Å². The lowest BCUT2D eigenvalue weighted by Gasteiger charge is -2.12. The Labute approximate surface area is 158 Å². The predicted octanol–water partition coefficient (Wildman–Crippen LogP) is 1.64. The summed E-state index contributed by atoms with van der Waals surface area (Å²) in [4.78, 5) is 45.7. The number of ether oxygens (including phenoxy) is 1. The number of anilines is 1. The van der Waals surface area contributed by atoms with E-state index < -0.39 is 11.9 Å². The number of thiazole rings is 1. The minimum Gasteiger partial charge on any atom is -0.465 e. The lowest BCUT2D eigenvalue weighted by molar-refractivity contribution is -0.116. The Bertz CT molecular complexity index is 935. The van der Waals surface area contributed by atoms with Crippen molar-refractivity contribution in [2.75, 3.05) is 18.7 Å². The van der Waals surface area contributed by atoms with Crippen molar-refractivity contribution in [3.63, 3.8) is 0 Å². The lowest BCUT2D eigenvalue weighted by atomic mass is 10.2. The molecule has 0 spiro atoms. The Balaban J connectivity index is 1.81. The fourth-order valence-corrected chi connectivity index (χ4v) is 4.31. The first kappa shape index (κ1) is 18.6. The SMILES string of the molecule is COC(=O)c1sc(NC(=O)Cn2c(SC)nc3c(c2=O)CCC3)nc1C. The summed E-state index contributed by atoms with van der Waals surface area (Å²) < 4.78 is 6.08. The van der Waals surface area contributed by atoms with Gasteiger partial charge in [0.2, 0.25) is 5.91 Å². The van der Waals surface area contributed by atoms with Gasteiger partial charge in [0.25, 0.3) is 5.56 Å². The monoisotopic (exact) mass is 394 g/mol. The van der Waals surface area contributed by atoms with Crippen LogP contribution in [-0.4, -0.2) is 39.8 Å². The molecule has 2 heterocycles. The van der Waals surface area contributed by atoms with Crippen LogP contribution in [0.3, 0.4) is 0 Å². The van der Waals surface area contributed by atoms with Gasteiger partial charge in [-0.05, 0) is 32.4 Å². The Morgan fingerprint density at radius 2 is 2.12 bits per heavy atom. The summed E-state index contributed by atoms with van der Waals surface area (Å²) in [6.07, 6.45) is 4.24. The van der Waals surface area contributed by atoms with Crippen molar-refractivity contribution in [3.05, 3.63) is 32.2 Å². The quantitative estimate of drug-likeness (QED) is 0.467. The maximum Gasteiger partial charge on any atom is 0.350 e. The topological polar surface area (TPSA) is 103 Å². The number of methoxy groups -OCH3 is 1. The molecule has 0 aromatic carbocycles. The van der Waals surface area contributed by atoms with Crippen LogP contribution in [0.4, 0.5) is 5.13 Å². The second-order valence-electron chi connectivity index (χ2n) is 5.74. The summed E-state index contributed by atoms with van der Waals surface area (Å²) in [6.45, 7) is 1.51. The van der Waals surface area contributed by atoms with Gasteiger partial charge in [-0.25, -0.2) is 14.8 Å². The van der Waals surface area contributed by atoms with Crippen molar-refractivity contribution in [1.82, 2.24) is 14.5 Å². The molecular weight excluding hydrogens is 376 g/mol. The van der Waals surface area contributed by atoms with E-state index in [1.54, 1.807) is 6.92 Å². The molecular formula is C16H18N4O4S2. The number of hydrogen-bond donors (Lipinski definition) is 1. The Morgan fingerprint density at radius 3 is 2.81 bits per heavy atom. The third-order valence-electron chi connectivity index (χ3n) is 4.05. The first-order valence-electron chi connectivity index (χ1n) is 7.96. The number of fused-ring (bicyclic) bond motifs is 1. The molecule has 2 aromatic rings. The summed E-state index contributed by atoms with van der Waals surface area (Å²) in [6, 6.07) is 0. The zero-order valence-corrected chi connectivity index (χ0v) is 16.3.